The first-order valence-corrected chi connectivity index (χ1v) is 8.84. The Morgan fingerprint density at radius 2 is 2.00 bits per heavy atom. The Bertz CT molecular complexity index is 982. The van der Waals surface area contributed by atoms with Gasteiger partial charge in [-0.25, -0.2) is 0 Å². The first kappa shape index (κ1) is 16.5. The summed E-state index contributed by atoms with van der Waals surface area (Å²) in [6.07, 6.45) is 0.887. The summed E-state index contributed by atoms with van der Waals surface area (Å²) in [4.78, 5) is 12.9. The van der Waals surface area contributed by atoms with Crippen molar-refractivity contribution in [1.29, 1.82) is 5.26 Å². The third-order valence-electron chi connectivity index (χ3n) is 3.87. The van der Waals surface area contributed by atoms with Crippen molar-refractivity contribution >= 4 is 28.4 Å². The summed E-state index contributed by atoms with van der Waals surface area (Å²) in [6, 6.07) is 9.66. The molecule has 3 aromatic rings. The van der Waals surface area contributed by atoms with Gasteiger partial charge in [0.05, 0.1) is 22.2 Å². The number of fused-ring (bicyclic) bond motifs is 3. The second-order valence-electron chi connectivity index (χ2n) is 6.16. The van der Waals surface area contributed by atoms with Crippen molar-refractivity contribution in [2.24, 2.45) is 5.92 Å². The van der Waals surface area contributed by atoms with E-state index in [-0.39, 0.29) is 10.8 Å². The Morgan fingerprint density at radius 1 is 1.25 bits per heavy atom. The van der Waals surface area contributed by atoms with Crippen LogP contribution >= 0.6 is 11.8 Å². The highest BCUT2D eigenvalue weighted by atomic mass is 32.2. The average Bonchev–Trinajstić information content (AvgIpc) is 2.98. The summed E-state index contributed by atoms with van der Waals surface area (Å²) in [5, 5.41) is 18.6. The second kappa shape index (κ2) is 6.65. The molecule has 0 bridgehead atoms. The van der Waals surface area contributed by atoms with E-state index in [0.717, 1.165) is 11.9 Å². The number of rotatable bonds is 5. The third-order valence-corrected chi connectivity index (χ3v) is 4.81. The molecule has 0 radical (unpaired) electrons. The predicted molar refractivity (Wildman–Crippen MR) is 95.1 cm³/mol. The fourth-order valence-corrected chi connectivity index (χ4v) is 3.33. The van der Waals surface area contributed by atoms with Crippen LogP contribution in [0.3, 0.4) is 0 Å². The van der Waals surface area contributed by atoms with Gasteiger partial charge in [0.25, 0.3) is 5.56 Å². The van der Waals surface area contributed by atoms with Crippen molar-refractivity contribution in [2.45, 2.75) is 44.1 Å². The molecule has 0 aliphatic rings. The number of aromatic nitrogens is 4. The van der Waals surface area contributed by atoms with Crippen LogP contribution in [0.15, 0.2) is 34.2 Å². The van der Waals surface area contributed by atoms with Crippen LogP contribution in [0.5, 0.6) is 0 Å². The molecule has 124 valence electrons. The molecule has 0 saturated carbocycles. The van der Waals surface area contributed by atoms with E-state index < -0.39 is 0 Å². The fraction of sp³-hybridized carbons (Fsp3) is 0.412. The van der Waals surface area contributed by atoms with Gasteiger partial charge in [-0.1, -0.05) is 37.7 Å². The molecule has 2 heterocycles. The topological polar surface area (TPSA) is 76.0 Å². The lowest BCUT2D eigenvalue weighted by molar-refractivity contribution is 0.512. The minimum atomic E-state index is -0.243. The Balaban J connectivity index is 2.29. The summed E-state index contributed by atoms with van der Waals surface area (Å²) < 4.78 is 3.58. The van der Waals surface area contributed by atoms with Gasteiger partial charge in [-0.05, 0) is 31.4 Å². The monoisotopic (exact) mass is 341 g/mol. The Morgan fingerprint density at radius 3 is 2.71 bits per heavy atom. The maximum atomic E-state index is 12.9. The van der Waals surface area contributed by atoms with Crippen molar-refractivity contribution in [3.8, 4) is 6.07 Å². The number of nitriles is 1. The van der Waals surface area contributed by atoms with Gasteiger partial charge in [0.2, 0.25) is 5.78 Å². The van der Waals surface area contributed by atoms with Gasteiger partial charge in [0.1, 0.15) is 0 Å². The molecular formula is C17H19N5OS. The molecule has 1 atom stereocenters. The van der Waals surface area contributed by atoms with E-state index in [1.54, 1.807) is 4.57 Å². The normalized spacial score (nSPS) is 12.8. The number of para-hydroxylation sites is 1. The first-order valence-electron chi connectivity index (χ1n) is 7.96. The number of nitrogens with zero attached hydrogens (tertiary/aromatic N) is 5. The van der Waals surface area contributed by atoms with Crippen LogP contribution in [-0.4, -0.2) is 24.4 Å². The molecule has 0 spiro atoms. The van der Waals surface area contributed by atoms with Gasteiger partial charge in [0, 0.05) is 6.54 Å². The SMILES string of the molecule is CC(C)CCn1c(=O)c2ccccc2n2c(S[C@@H](C)C#N)nnc12. The fourth-order valence-electron chi connectivity index (χ4n) is 2.58. The van der Waals surface area contributed by atoms with Gasteiger partial charge in [-0.3, -0.25) is 13.8 Å². The summed E-state index contributed by atoms with van der Waals surface area (Å²) in [6.45, 7) is 6.68. The number of aryl methyl sites for hydroxylation is 1. The van der Waals surface area contributed by atoms with E-state index in [4.69, 9.17) is 5.26 Å². The number of benzene rings is 1. The van der Waals surface area contributed by atoms with Crippen LogP contribution in [0, 0.1) is 17.2 Å². The van der Waals surface area contributed by atoms with Gasteiger partial charge in [-0.15, -0.1) is 10.2 Å². The highest BCUT2D eigenvalue weighted by molar-refractivity contribution is 8.00. The Hall–Kier alpha value is -2.33. The average molecular weight is 341 g/mol. The van der Waals surface area contributed by atoms with Crippen molar-refractivity contribution in [1.82, 2.24) is 19.2 Å². The minimum Gasteiger partial charge on any atom is -0.276 e. The molecule has 0 unspecified atom stereocenters. The Kier molecular flexibility index (Phi) is 4.58. The molecule has 0 amide bonds. The van der Waals surface area contributed by atoms with Crippen molar-refractivity contribution in [3.63, 3.8) is 0 Å². The maximum Gasteiger partial charge on any atom is 0.262 e. The molecule has 0 N–H and O–H groups in total. The van der Waals surface area contributed by atoms with E-state index in [9.17, 15) is 4.79 Å². The van der Waals surface area contributed by atoms with Crippen LogP contribution in [0.1, 0.15) is 27.2 Å². The Labute approximate surface area is 144 Å². The highest BCUT2D eigenvalue weighted by Crippen LogP contribution is 2.24. The smallest absolute Gasteiger partial charge is 0.262 e. The lowest BCUT2D eigenvalue weighted by Gasteiger charge is -2.12. The van der Waals surface area contributed by atoms with E-state index >= 15 is 0 Å². The summed E-state index contributed by atoms with van der Waals surface area (Å²) in [5.74, 6) is 1.02. The van der Waals surface area contributed by atoms with Crippen molar-refractivity contribution in [3.05, 3.63) is 34.6 Å². The first-order chi connectivity index (χ1) is 11.5. The van der Waals surface area contributed by atoms with E-state index in [0.29, 0.717) is 28.8 Å². The zero-order chi connectivity index (χ0) is 17.3. The van der Waals surface area contributed by atoms with Gasteiger partial charge in [0.15, 0.2) is 5.16 Å². The lowest BCUT2D eigenvalue weighted by atomic mass is 10.1. The van der Waals surface area contributed by atoms with E-state index in [1.807, 2.05) is 35.6 Å². The summed E-state index contributed by atoms with van der Waals surface area (Å²) >= 11 is 1.35. The molecule has 3 rings (SSSR count). The van der Waals surface area contributed by atoms with E-state index in [1.165, 1.54) is 11.8 Å². The molecule has 0 aliphatic heterocycles. The van der Waals surface area contributed by atoms with Crippen LogP contribution in [0.2, 0.25) is 0 Å². The number of hydrogen-bond donors (Lipinski definition) is 0. The quantitative estimate of drug-likeness (QED) is 0.667. The number of hydrogen-bond acceptors (Lipinski definition) is 5. The van der Waals surface area contributed by atoms with Gasteiger partial charge in [-0.2, -0.15) is 5.26 Å². The predicted octanol–water partition coefficient (Wildman–Crippen LogP) is 3.09. The highest BCUT2D eigenvalue weighted by Gasteiger charge is 2.18. The lowest BCUT2D eigenvalue weighted by Crippen LogP contribution is -2.24. The zero-order valence-electron chi connectivity index (χ0n) is 13.9. The van der Waals surface area contributed by atoms with Crippen LogP contribution in [0.4, 0.5) is 0 Å². The molecule has 2 aromatic heterocycles. The maximum absolute atomic E-state index is 12.9. The largest absolute Gasteiger partial charge is 0.276 e. The summed E-state index contributed by atoms with van der Waals surface area (Å²) in [5.41, 5.74) is 0.729. The van der Waals surface area contributed by atoms with Crippen molar-refractivity contribution < 1.29 is 0 Å². The molecule has 6 nitrogen and oxygen atoms in total. The molecule has 24 heavy (non-hydrogen) atoms. The zero-order valence-corrected chi connectivity index (χ0v) is 14.7. The van der Waals surface area contributed by atoms with Crippen LogP contribution in [0.25, 0.3) is 16.7 Å². The van der Waals surface area contributed by atoms with E-state index in [2.05, 4.69) is 30.1 Å². The van der Waals surface area contributed by atoms with Gasteiger partial charge < -0.3 is 0 Å². The standard InChI is InChI=1S/C17H19N5OS/c1-11(2)8-9-21-15(23)13-6-4-5-7-14(13)22-16(21)19-20-17(22)24-12(3)10-18/h4-7,11-12H,8-9H2,1-3H3/t12-/m0/s1. The molecular weight excluding hydrogens is 322 g/mol. The second-order valence-corrected chi connectivity index (χ2v) is 7.47. The van der Waals surface area contributed by atoms with Crippen molar-refractivity contribution in [2.75, 3.05) is 0 Å². The molecule has 0 saturated heterocycles. The minimum absolute atomic E-state index is 0.0453. The van der Waals surface area contributed by atoms with Gasteiger partial charge >= 0.3 is 0 Å². The molecule has 0 fully saturated rings. The molecule has 0 aliphatic carbocycles. The van der Waals surface area contributed by atoms with Crippen LogP contribution in [-0.2, 0) is 6.54 Å². The number of thioether (sulfide) groups is 1. The summed E-state index contributed by atoms with van der Waals surface area (Å²) in [7, 11) is 0. The van der Waals surface area contributed by atoms with Crippen LogP contribution < -0.4 is 5.56 Å². The molecule has 7 heteroatoms. The molecule has 1 aromatic carbocycles. The third kappa shape index (κ3) is 2.89.